The van der Waals surface area contributed by atoms with E-state index in [1.165, 1.54) is 24.0 Å². The van der Waals surface area contributed by atoms with Gasteiger partial charge in [0.15, 0.2) is 0 Å². The van der Waals surface area contributed by atoms with Crippen LogP contribution < -0.4 is 26.7 Å². The van der Waals surface area contributed by atoms with Crippen LogP contribution in [-0.2, 0) is 11.4 Å². The van der Waals surface area contributed by atoms with Gasteiger partial charge >= 0.3 is 0 Å². The van der Waals surface area contributed by atoms with Crippen molar-refractivity contribution in [3.63, 3.8) is 0 Å². The van der Waals surface area contributed by atoms with Crippen LogP contribution in [0.15, 0.2) is 24.3 Å². The summed E-state index contributed by atoms with van der Waals surface area (Å²) in [4.78, 5) is 5.61. The van der Waals surface area contributed by atoms with E-state index < -0.39 is 0 Å². The van der Waals surface area contributed by atoms with Crippen molar-refractivity contribution in [2.45, 2.75) is 37.9 Å². The molecule has 1 aliphatic carbocycles. The van der Waals surface area contributed by atoms with Crippen LogP contribution in [0.1, 0.15) is 30.1 Å². The molecule has 2 aliphatic heterocycles. The highest BCUT2D eigenvalue weighted by atomic mass is 16.7. The lowest BCUT2D eigenvalue weighted by atomic mass is 10.1. The molecule has 6 nitrogen and oxygen atoms in total. The molecule has 0 bridgehead atoms. The largest absolute Gasteiger partial charge is 0.313 e. The van der Waals surface area contributed by atoms with E-state index in [1.807, 2.05) is 0 Å². The molecule has 3 atom stereocenters. The van der Waals surface area contributed by atoms with Crippen molar-refractivity contribution >= 4 is 0 Å². The zero-order valence-electron chi connectivity index (χ0n) is 12.8. The molecule has 3 fully saturated rings. The Morgan fingerprint density at radius 3 is 2.73 bits per heavy atom. The summed E-state index contributed by atoms with van der Waals surface area (Å²) in [7, 11) is 0. The lowest BCUT2D eigenvalue weighted by Gasteiger charge is -2.25. The van der Waals surface area contributed by atoms with Gasteiger partial charge in [-0.1, -0.05) is 24.3 Å². The Bertz CT molecular complexity index is 484. The number of hydrogen-bond acceptors (Lipinski definition) is 6. The third-order valence-electron chi connectivity index (χ3n) is 4.60. The molecule has 6 heteroatoms. The maximum Gasteiger partial charge on any atom is 0.134 e. The summed E-state index contributed by atoms with van der Waals surface area (Å²) in [6.45, 7) is 3.94. The fourth-order valence-electron chi connectivity index (χ4n) is 3.04. The molecule has 3 aliphatic rings. The van der Waals surface area contributed by atoms with E-state index in [4.69, 9.17) is 4.84 Å². The average Bonchev–Trinajstić information content (AvgIpc) is 3.32. The summed E-state index contributed by atoms with van der Waals surface area (Å²) in [6.07, 6.45) is 3.20. The zero-order chi connectivity index (χ0) is 14.8. The Balaban J connectivity index is 1.28. The molecule has 0 radical (unpaired) electrons. The van der Waals surface area contributed by atoms with E-state index in [-0.39, 0.29) is 12.4 Å². The predicted octanol–water partition coefficient (Wildman–Crippen LogP) is 0.154. The predicted molar refractivity (Wildman–Crippen MR) is 84.6 cm³/mol. The molecule has 5 N–H and O–H groups in total. The Hall–Kier alpha value is -1.02. The summed E-state index contributed by atoms with van der Waals surface area (Å²) in [5.41, 5.74) is 5.63. The molecule has 120 valence electrons. The van der Waals surface area contributed by atoms with Crippen molar-refractivity contribution in [2.75, 3.05) is 19.6 Å². The lowest BCUT2D eigenvalue weighted by Crippen LogP contribution is -2.55. The Kier molecular flexibility index (Phi) is 4.38. The van der Waals surface area contributed by atoms with Crippen LogP contribution in [0, 0.1) is 5.92 Å². The van der Waals surface area contributed by atoms with Gasteiger partial charge in [0.2, 0.25) is 0 Å². The van der Waals surface area contributed by atoms with Crippen LogP contribution in [0.5, 0.6) is 0 Å². The molecule has 1 aromatic carbocycles. The Labute approximate surface area is 131 Å². The summed E-state index contributed by atoms with van der Waals surface area (Å²) < 4.78 is 0. The normalized spacial score (nSPS) is 32.3. The second kappa shape index (κ2) is 6.62. The first-order valence-corrected chi connectivity index (χ1v) is 8.32. The van der Waals surface area contributed by atoms with Crippen molar-refractivity contribution < 1.29 is 4.84 Å². The van der Waals surface area contributed by atoms with Gasteiger partial charge in [-0.15, -0.1) is 0 Å². The van der Waals surface area contributed by atoms with Crippen molar-refractivity contribution in [1.29, 1.82) is 0 Å². The van der Waals surface area contributed by atoms with Gasteiger partial charge in [-0.05, 0) is 24.0 Å². The summed E-state index contributed by atoms with van der Waals surface area (Å²) in [5, 5.41) is 13.9. The van der Waals surface area contributed by atoms with E-state index in [0.717, 1.165) is 26.2 Å². The molecule has 0 spiro atoms. The van der Waals surface area contributed by atoms with Crippen molar-refractivity contribution in [3.8, 4) is 0 Å². The van der Waals surface area contributed by atoms with Gasteiger partial charge in [-0.3, -0.25) is 20.8 Å². The zero-order valence-corrected chi connectivity index (χ0v) is 12.8. The summed E-state index contributed by atoms with van der Waals surface area (Å²) in [5.74, 6) is 0.692. The minimum Gasteiger partial charge on any atom is -0.313 e. The minimum absolute atomic E-state index is 0.108. The fraction of sp³-hybridized carbons (Fsp3) is 0.625. The Morgan fingerprint density at radius 2 is 2.00 bits per heavy atom. The molecule has 1 saturated carbocycles. The third kappa shape index (κ3) is 3.48. The lowest BCUT2D eigenvalue weighted by molar-refractivity contribution is 0.0104. The van der Waals surface area contributed by atoms with E-state index >= 15 is 0 Å². The SMILES string of the molecule is c1cc(C2NOC(C3CC3)N2)ccc1CNC1CNCCN1. The van der Waals surface area contributed by atoms with Crippen LogP contribution in [-0.4, -0.2) is 32.0 Å². The topological polar surface area (TPSA) is 69.4 Å². The van der Waals surface area contributed by atoms with Gasteiger partial charge in [0, 0.05) is 32.1 Å². The van der Waals surface area contributed by atoms with Gasteiger partial charge in [-0.25, -0.2) is 0 Å². The number of rotatable bonds is 5. The molecule has 2 saturated heterocycles. The van der Waals surface area contributed by atoms with Gasteiger partial charge in [0.05, 0.1) is 6.17 Å². The third-order valence-corrected chi connectivity index (χ3v) is 4.60. The number of piperazine rings is 1. The van der Waals surface area contributed by atoms with E-state index in [0.29, 0.717) is 12.1 Å². The highest BCUT2D eigenvalue weighted by Gasteiger charge is 2.38. The molecule has 2 heterocycles. The molecule has 22 heavy (non-hydrogen) atoms. The maximum atomic E-state index is 5.61. The fourth-order valence-corrected chi connectivity index (χ4v) is 3.04. The van der Waals surface area contributed by atoms with Crippen molar-refractivity contribution in [3.05, 3.63) is 35.4 Å². The quantitative estimate of drug-likeness (QED) is 0.534. The average molecular weight is 303 g/mol. The van der Waals surface area contributed by atoms with E-state index in [1.54, 1.807) is 0 Å². The molecule has 0 amide bonds. The van der Waals surface area contributed by atoms with Crippen LogP contribution in [0.3, 0.4) is 0 Å². The van der Waals surface area contributed by atoms with Gasteiger partial charge in [0.1, 0.15) is 12.4 Å². The molecule has 3 unspecified atom stereocenters. The first kappa shape index (κ1) is 14.6. The number of nitrogens with one attached hydrogen (secondary N) is 5. The monoisotopic (exact) mass is 303 g/mol. The minimum atomic E-state index is 0.108. The van der Waals surface area contributed by atoms with E-state index in [2.05, 4.69) is 51.0 Å². The van der Waals surface area contributed by atoms with Crippen molar-refractivity contribution in [2.24, 2.45) is 5.92 Å². The summed E-state index contributed by atoms with van der Waals surface area (Å²) >= 11 is 0. The number of benzene rings is 1. The van der Waals surface area contributed by atoms with Crippen LogP contribution >= 0.6 is 0 Å². The highest BCUT2D eigenvalue weighted by molar-refractivity contribution is 5.25. The smallest absolute Gasteiger partial charge is 0.134 e. The maximum absolute atomic E-state index is 5.61. The second-order valence-electron chi connectivity index (χ2n) is 6.43. The van der Waals surface area contributed by atoms with Crippen LogP contribution in [0.4, 0.5) is 0 Å². The standard InChI is InChI=1S/C16H25N5O/c1-3-12(15-20-16(22-21-15)13-5-6-13)4-2-11(1)9-19-14-10-17-7-8-18-14/h1-4,13-21H,5-10H2. The van der Waals surface area contributed by atoms with Crippen LogP contribution in [0.2, 0.25) is 0 Å². The molecule has 4 rings (SSSR count). The van der Waals surface area contributed by atoms with Crippen LogP contribution in [0.25, 0.3) is 0 Å². The van der Waals surface area contributed by atoms with Gasteiger partial charge in [0.25, 0.3) is 0 Å². The Morgan fingerprint density at radius 1 is 1.14 bits per heavy atom. The number of hydroxylamine groups is 1. The van der Waals surface area contributed by atoms with Gasteiger partial charge in [-0.2, -0.15) is 5.48 Å². The molecular formula is C16H25N5O. The first-order valence-electron chi connectivity index (χ1n) is 8.32. The molecule has 1 aromatic rings. The number of hydrogen-bond donors (Lipinski definition) is 5. The molecule has 0 aromatic heterocycles. The van der Waals surface area contributed by atoms with Gasteiger partial charge < -0.3 is 5.32 Å². The first-order chi connectivity index (χ1) is 10.9. The second-order valence-corrected chi connectivity index (χ2v) is 6.43. The van der Waals surface area contributed by atoms with E-state index in [9.17, 15) is 0 Å². The highest BCUT2D eigenvalue weighted by Crippen LogP contribution is 2.35. The van der Waals surface area contributed by atoms with Crippen molar-refractivity contribution in [1.82, 2.24) is 26.7 Å². The summed E-state index contributed by atoms with van der Waals surface area (Å²) in [6, 6.07) is 8.72. The molecular weight excluding hydrogens is 278 g/mol.